The molecule has 1 atom stereocenters. The molecule has 106 valence electrons. The summed E-state index contributed by atoms with van der Waals surface area (Å²) in [4.78, 5) is 18.4. The lowest BCUT2D eigenvalue weighted by Crippen LogP contribution is -2.49. The topological polar surface area (TPSA) is 51.7 Å². The van der Waals surface area contributed by atoms with E-state index in [1.54, 1.807) is 11.3 Å². The molecule has 1 aliphatic heterocycles. The number of ether oxygens (including phenoxy) is 2. The van der Waals surface area contributed by atoms with Crippen LogP contribution in [0.5, 0.6) is 0 Å². The van der Waals surface area contributed by atoms with Crippen LogP contribution in [0.2, 0.25) is 0 Å². The fourth-order valence-electron chi connectivity index (χ4n) is 2.05. The van der Waals surface area contributed by atoms with Gasteiger partial charge in [-0.1, -0.05) is 13.8 Å². The summed E-state index contributed by atoms with van der Waals surface area (Å²) in [6.07, 6.45) is 0. The number of hydrogen-bond donors (Lipinski definition) is 0. The molecule has 0 bridgehead atoms. The molecule has 0 aromatic carbocycles. The summed E-state index contributed by atoms with van der Waals surface area (Å²) in [5, 5.41) is 3.21. The number of esters is 1. The van der Waals surface area contributed by atoms with Crippen molar-refractivity contribution in [2.75, 3.05) is 26.9 Å². The zero-order chi connectivity index (χ0) is 13.8. The van der Waals surface area contributed by atoms with Crippen molar-refractivity contribution in [1.82, 2.24) is 9.88 Å². The lowest BCUT2D eigenvalue weighted by atomic mass is 10.2. The van der Waals surface area contributed by atoms with Crippen molar-refractivity contribution in [3.63, 3.8) is 0 Å². The first kappa shape index (κ1) is 14.4. The minimum absolute atomic E-state index is 0.237. The number of nitrogens with zero attached hydrogens (tertiary/aromatic N) is 2. The highest BCUT2D eigenvalue weighted by Gasteiger charge is 2.30. The van der Waals surface area contributed by atoms with Gasteiger partial charge in [0.05, 0.1) is 31.0 Å². The van der Waals surface area contributed by atoms with Gasteiger partial charge in [0.25, 0.3) is 0 Å². The molecule has 0 N–H and O–H groups in total. The summed E-state index contributed by atoms with van der Waals surface area (Å²) < 4.78 is 10.2. The van der Waals surface area contributed by atoms with Crippen LogP contribution in [0, 0.1) is 0 Å². The normalized spacial score (nSPS) is 20.7. The van der Waals surface area contributed by atoms with Gasteiger partial charge in [-0.3, -0.25) is 9.69 Å². The maximum absolute atomic E-state index is 11.7. The Morgan fingerprint density at radius 2 is 2.47 bits per heavy atom. The van der Waals surface area contributed by atoms with Crippen LogP contribution in [0.4, 0.5) is 0 Å². The van der Waals surface area contributed by atoms with Crippen LogP contribution >= 0.6 is 11.3 Å². The number of carbonyl (C=O) groups is 1. The van der Waals surface area contributed by atoms with Crippen LogP contribution < -0.4 is 0 Å². The van der Waals surface area contributed by atoms with Crippen LogP contribution in [0.15, 0.2) is 5.38 Å². The summed E-state index contributed by atoms with van der Waals surface area (Å²) in [5.74, 6) is 0.207. The first-order chi connectivity index (χ1) is 9.11. The first-order valence-electron chi connectivity index (χ1n) is 6.45. The van der Waals surface area contributed by atoms with Gasteiger partial charge in [-0.05, 0) is 0 Å². The Bertz CT molecular complexity index is 433. The number of aromatic nitrogens is 1. The molecule has 0 radical (unpaired) electrons. The molecular formula is C13H20N2O3S. The van der Waals surface area contributed by atoms with E-state index in [1.165, 1.54) is 7.11 Å². The van der Waals surface area contributed by atoms with Crippen LogP contribution in [-0.2, 0) is 20.8 Å². The number of carbonyl (C=O) groups excluding carboxylic acids is 1. The molecule has 5 nitrogen and oxygen atoms in total. The molecule has 0 aliphatic carbocycles. The fourth-order valence-corrected chi connectivity index (χ4v) is 2.88. The predicted octanol–water partition coefficient (Wildman–Crippen LogP) is 1.64. The molecule has 2 rings (SSSR count). The van der Waals surface area contributed by atoms with Gasteiger partial charge >= 0.3 is 5.97 Å². The SMILES string of the molecule is COC(=O)C1COCCN1Cc1csc(C(C)C)n1. The maximum Gasteiger partial charge on any atom is 0.325 e. The number of thiazole rings is 1. The molecule has 19 heavy (non-hydrogen) atoms. The largest absolute Gasteiger partial charge is 0.468 e. The van der Waals surface area contributed by atoms with Gasteiger partial charge in [-0.25, -0.2) is 4.98 Å². The van der Waals surface area contributed by atoms with E-state index in [0.717, 1.165) is 17.2 Å². The molecule has 1 unspecified atom stereocenters. The molecule has 2 heterocycles. The van der Waals surface area contributed by atoms with Gasteiger partial charge in [0, 0.05) is 24.4 Å². The maximum atomic E-state index is 11.7. The molecule has 0 amide bonds. The molecule has 1 aromatic heterocycles. The third kappa shape index (κ3) is 3.52. The standard InChI is InChI=1S/C13H20N2O3S/c1-9(2)12-14-10(8-19-12)6-15-4-5-18-7-11(15)13(16)17-3/h8-9,11H,4-7H2,1-3H3. The molecule has 1 aromatic rings. The van der Waals surface area contributed by atoms with Gasteiger partial charge in [-0.2, -0.15) is 0 Å². The highest BCUT2D eigenvalue weighted by molar-refractivity contribution is 7.09. The predicted molar refractivity (Wildman–Crippen MR) is 73.2 cm³/mol. The summed E-state index contributed by atoms with van der Waals surface area (Å²) >= 11 is 1.68. The van der Waals surface area contributed by atoms with E-state index >= 15 is 0 Å². The monoisotopic (exact) mass is 284 g/mol. The fraction of sp³-hybridized carbons (Fsp3) is 0.692. The van der Waals surface area contributed by atoms with Crippen molar-refractivity contribution in [2.24, 2.45) is 0 Å². The van der Waals surface area contributed by atoms with Crippen molar-refractivity contribution >= 4 is 17.3 Å². The summed E-state index contributed by atoms with van der Waals surface area (Å²) in [6.45, 7) is 6.71. The third-order valence-corrected chi connectivity index (χ3v) is 4.34. The minimum Gasteiger partial charge on any atom is -0.468 e. The Hall–Kier alpha value is -0.980. The van der Waals surface area contributed by atoms with Crippen LogP contribution in [0.3, 0.4) is 0 Å². The molecule has 0 saturated carbocycles. The number of methoxy groups -OCH3 is 1. The summed E-state index contributed by atoms with van der Waals surface area (Å²) in [7, 11) is 1.41. The van der Waals surface area contributed by atoms with Crippen LogP contribution in [0.25, 0.3) is 0 Å². The third-order valence-electron chi connectivity index (χ3n) is 3.14. The number of rotatable bonds is 4. The van der Waals surface area contributed by atoms with E-state index in [9.17, 15) is 4.79 Å². The lowest BCUT2D eigenvalue weighted by molar-refractivity contribution is -0.153. The average molecular weight is 284 g/mol. The smallest absolute Gasteiger partial charge is 0.325 e. The second kappa shape index (κ2) is 6.45. The summed E-state index contributed by atoms with van der Waals surface area (Å²) in [6, 6.07) is -0.317. The highest BCUT2D eigenvalue weighted by atomic mass is 32.1. The highest BCUT2D eigenvalue weighted by Crippen LogP contribution is 2.21. The Kier molecular flexibility index (Phi) is 4.90. The van der Waals surface area contributed by atoms with E-state index in [2.05, 4.69) is 29.1 Å². The van der Waals surface area contributed by atoms with Crippen LogP contribution in [0.1, 0.15) is 30.5 Å². The second-order valence-electron chi connectivity index (χ2n) is 4.92. The van der Waals surface area contributed by atoms with E-state index in [4.69, 9.17) is 9.47 Å². The molecule has 0 spiro atoms. The number of morpholine rings is 1. The Labute approximate surface area is 117 Å². The molecule has 1 aliphatic rings. The van der Waals surface area contributed by atoms with E-state index in [-0.39, 0.29) is 12.0 Å². The van der Waals surface area contributed by atoms with Crippen molar-refractivity contribution in [2.45, 2.75) is 32.4 Å². The molecular weight excluding hydrogens is 264 g/mol. The molecule has 1 saturated heterocycles. The first-order valence-corrected chi connectivity index (χ1v) is 7.33. The number of hydrogen-bond acceptors (Lipinski definition) is 6. The second-order valence-corrected chi connectivity index (χ2v) is 5.81. The van der Waals surface area contributed by atoms with Gasteiger partial charge in [0.2, 0.25) is 0 Å². The van der Waals surface area contributed by atoms with Crippen molar-refractivity contribution in [3.8, 4) is 0 Å². The molecule has 1 fully saturated rings. The van der Waals surface area contributed by atoms with Gasteiger partial charge < -0.3 is 9.47 Å². The Balaban J connectivity index is 2.04. The van der Waals surface area contributed by atoms with E-state index in [1.807, 2.05) is 0 Å². The zero-order valence-electron chi connectivity index (χ0n) is 11.6. The van der Waals surface area contributed by atoms with E-state index in [0.29, 0.717) is 25.7 Å². The Morgan fingerprint density at radius 3 is 3.11 bits per heavy atom. The minimum atomic E-state index is -0.317. The Morgan fingerprint density at radius 1 is 1.68 bits per heavy atom. The van der Waals surface area contributed by atoms with Crippen molar-refractivity contribution < 1.29 is 14.3 Å². The average Bonchev–Trinajstić information content (AvgIpc) is 2.87. The quantitative estimate of drug-likeness (QED) is 0.787. The van der Waals surface area contributed by atoms with E-state index < -0.39 is 0 Å². The van der Waals surface area contributed by atoms with Crippen LogP contribution in [-0.4, -0.2) is 48.8 Å². The zero-order valence-corrected chi connectivity index (χ0v) is 12.4. The van der Waals surface area contributed by atoms with Gasteiger partial charge in [-0.15, -0.1) is 11.3 Å². The lowest BCUT2D eigenvalue weighted by Gasteiger charge is -2.32. The summed E-state index contributed by atoms with van der Waals surface area (Å²) in [5.41, 5.74) is 1.02. The van der Waals surface area contributed by atoms with Crippen molar-refractivity contribution in [3.05, 3.63) is 16.1 Å². The van der Waals surface area contributed by atoms with Gasteiger partial charge in [0.15, 0.2) is 0 Å². The molecule has 6 heteroatoms. The van der Waals surface area contributed by atoms with Gasteiger partial charge in [0.1, 0.15) is 6.04 Å². The van der Waals surface area contributed by atoms with Crippen molar-refractivity contribution in [1.29, 1.82) is 0 Å².